The van der Waals surface area contributed by atoms with Crippen LogP contribution in [0.4, 0.5) is 0 Å². The lowest BCUT2D eigenvalue weighted by atomic mass is 10.1. The molecule has 1 aliphatic heterocycles. The predicted octanol–water partition coefficient (Wildman–Crippen LogP) is 5.43. The van der Waals surface area contributed by atoms with E-state index < -0.39 is 0 Å². The van der Waals surface area contributed by atoms with Crippen molar-refractivity contribution in [3.8, 4) is 34.3 Å². The van der Waals surface area contributed by atoms with Crippen LogP contribution in [0.3, 0.4) is 0 Å². The molecule has 1 aliphatic rings. The maximum absolute atomic E-state index is 12.9. The van der Waals surface area contributed by atoms with E-state index in [-0.39, 0.29) is 12.7 Å². The number of nitrogens with zero attached hydrogens (tertiary/aromatic N) is 1. The Bertz CT molecular complexity index is 1250. The van der Waals surface area contributed by atoms with E-state index in [0.29, 0.717) is 40.8 Å². The minimum atomic E-state index is -0.211. The summed E-state index contributed by atoms with van der Waals surface area (Å²) >= 11 is 3.43. The molecule has 0 bridgehead atoms. The van der Waals surface area contributed by atoms with E-state index in [2.05, 4.69) is 26.2 Å². The predicted molar refractivity (Wildman–Crippen MR) is 119 cm³/mol. The molecule has 0 saturated heterocycles. The summed E-state index contributed by atoms with van der Waals surface area (Å²) in [6.45, 7) is 0.580. The van der Waals surface area contributed by atoms with Gasteiger partial charge in [-0.1, -0.05) is 46.3 Å². The highest BCUT2D eigenvalue weighted by Gasteiger charge is 2.18. The maximum Gasteiger partial charge on any atom is 0.252 e. The molecule has 5 rings (SSSR count). The van der Waals surface area contributed by atoms with Gasteiger partial charge in [0.1, 0.15) is 0 Å². The normalized spacial score (nSPS) is 12.0. The summed E-state index contributed by atoms with van der Waals surface area (Å²) in [5, 5.41) is 2.95. The van der Waals surface area contributed by atoms with Crippen LogP contribution in [0.1, 0.15) is 15.9 Å². The summed E-state index contributed by atoms with van der Waals surface area (Å²) in [4.78, 5) is 17.3. The fraction of sp³-hybridized carbons (Fsp3) is 0.0833. The highest BCUT2D eigenvalue weighted by molar-refractivity contribution is 9.10. The third-order valence-corrected chi connectivity index (χ3v) is 5.46. The fourth-order valence-corrected chi connectivity index (χ4v) is 3.61. The average Bonchev–Trinajstić information content (AvgIpc) is 3.47. The van der Waals surface area contributed by atoms with Gasteiger partial charge in [-0.3, -0.25) is 4.79 Å². The molecule has 1 amide bonds. The lowest BCUT2D eigenvalue weighted by molar-refractivity contribution is 0.0951. The summed E-state index contributed by atoms with van der Waals surface area (Å²) in [5.41, 5.74) is 2.96. The first kappa shape index (κ1) is 19.4. The number of carbonyl (C=O) groups is 1. The first-order valence-electron chi connectivity index (χ1n) is 9.65. The van der Waals surface area contributed by atoms with Crippen LogP contribution in [-0.2, 0) is 6.54 Å². The molecular weight excluding hydrogens is 460 g/mol. The number of ether oxygens (including phenoxy) is 2. The molecule has 0 radical (unpaired) electrons. The van der Waals surface area contributed by atoms with Crippen molar-refractivity contribution in [2.75, 3.05) is 6.79 Å². The Labute approximate surface area is 187 Å². The minimum Gasteiger partial charge on any atom is -0.454 e. The van der Waals surface area contributed by atoms with Crippen LogP contribution >= 0.6 is 15.9 Å². The molecule has 1 aromatic heterocycles. The molecule has 1 N–H and O–H groups in total. The highest BCUT2D eigenvalue weighted by Crippen LogP contribution is 2.33. The summed E-state index contributed by atoms with van der Waals surface area (Å²) in [7, 11) is 0. The quantitative estimate of drug-likeness (QED) is 0.415. The number of hydrogen-bond donors (Lipinski definition) is 1. The second kappa shape index (κ2) is 8.28. The third-order valence-electron chi connectivity index (χ3n) is 4.93. The molecule has 3 aromatic carbocycles. The summed E-state index contributed by atoms with van der Waals surface area (Å²) in [6.07, 6.45) is 1.67. The molecule has 0 unspecified atom stereocenters. The van der Waals surface area contributed by atoms with Gasteiger partial charge in [0.15, 0.2) is 17.3 Å². The Balaban J connectivity index is 1.35. The Morgan fingerprint density at radius 2 is 1.81 bits per heavy atom. The lowest BCUT2D eigenvalue weighted by Crippen LogP contribution is -2.23. The van der Waals surface area contributed by atoms with Gasteiger partial charge in [0.05, 0.1) is 11.8 Å². The van der Waals surface area contributed by atoms with Crippen molar-refractivity contribution in [1.29, 1.82) is 0 Å². The van der Waals surface area contributed by atoms with Gasteiger partial charge in [0.25, 0.3) is 5.91 Å². The summed E-state index contributed by atoms with van der Waals surface area (Å²) in [6, 6.07) is 20.6. The lowest BCUT2D eigenvalue weighted by Gasteiger charge is -2.09. The van der Waals surface area contributed by atoms with E-state index in [1.165, 1.54) is 0 Å². The number of amides is 1. The largest absolute Gasteiger partial charge is 0.454 e. The number of aromatic nitrogens is 1. The highest BCUT2D eigenvalue weighted by atomic mass is 79.9. The molecule has 2 heterocycles. The van der Waals surface area contributed by atoms with Crippen molar-refractivity contribution in [3.05, 3.63) is 88.5 Å². The molecule has 7 heteroatoms. The number of benzene rings is 3. The van der Waals surface area contributed by atoms with E-state index in [0.717, 1.165) is 15.6 Å². The Kier molecular flexibility index (Phi) is 5.18. The van der Waals surface area contributed by atoms with Crippen LogP contribution in [0, 0.1) is 0 Å². The van der Waals surface area contributed by atoms with Gasteiger partial charge < -0.3 is 19.2 Å². The smallest absolute Gasteiger partial charge is 0.252 e. The van der Waals surface area contributed by atoms with Gasteiger partial charge in [-0.2, -0.15) is 0 Å². The van der Waals surface area contributed by atoms with Crippen LogP contribution in [0.5, 0.6) is 11.5 Å². The van der Waals surface area contributed by atoms with E-state index >= 15 is 0 Å². The van der Waals surface area contributed by atoms with Crippen molar-refractivity contribution in [1.82, 2.24) is 10.3 Å². The van der Waals surface area contributed by atoms with Gasteiger partial charge in [-0.15, -0.1) is 0 Å². The molecule has 0 fully saturated rings. The summed E-state index contributed by atoms with van der Waals surface area (Å²) < 4.78 is 17.7. The zero-order valence-corrected chi connectivity index (χ0v) is 17.9. The van der Waals surface area contributed by atoms with Crippen LogP contribution in [0.2, 0.25) is 0 Å². The minimum absolute atomic E-state index is 0.211. The number of hydrogen-bond acceptors (Lipinski definition) is 5. The number of carbonyl (C=O) groups excluding carboxylic acids is 1. The van der Waals surface area contributed by atoms with Crippen molar-refractivity contribution in [3.63, 3.8) is 0 Å². The van der Waals surface area contributed by atoms with Crippen LogP contribution in [0.15, 0.2) is 81.8 Å². The molecule has 4 aromatic rings. The van der Waals surface area contributed by atoms with Crippen LogP contribution in [-0.4, -0.2) is 17.7 Å². The third kappa shape index (κ3) is 4.04. The van der Waals surface area contributed by atoms with Crippen molar-refractivity contribution >= 4 is 21.8 Å². The van der Waals surface area contributed by atoms with Crippen LogP contribution in [0.25, 0.3) is 22.8 Å². The van der Waals surface area contributed by atoms with Crippen LogP contribution < -0.4 is 14.8 Å². The number of fused-ring (bicyclic) bond motifs is 1. The SMILES string of the molecule is O=C(NCc1ccc2c(c1)OCO2)c1ccccc1-c1ncc(-c2ccc(Br)cc2)o1. The van der Waals surface area contributed by atoms with E-state index in [1.807, 2.05) is 60.7 Å². The van der Waals surface area contributed by atoms with Gasteiger partial charge in [-0.25, -0.2) is 4.98 Å². The summed E-state index contributed by atoms with van der Waals surface area (Å²) in [5.74, 6) is 2.22. The first-order valence-corrected chi connectivity index (χ1v) is 10.4. The van der Waals surface area contributed by atoms with Gasteiger partial charge in [0, 0.05) is 22.1 Å². The monoisotopic (exact) mass is 476 g/mol. The number of oxazole rings is 1. The number of rotatable bonds is 5. The first-order chi connectivity index (χ1) is 15.2. The molecule has 154 valence electrons. The second-order valence-electron chi connectivity index (χ2n) is 6.95. The Hall–Kier alpha value is -3.58. The molecule has 0 spiro atoms. The number of halogens is 1. The topological polar surface area (TPSA) is 73.6 Å². The van der Waals surface area contributed by atoms with Gasteiger partial charge in [0.2, 0.25) is 12.7 Å². The average molecular weight is 477 g/mol. The Morgan fingerprint density at radius 1 is 1.00 bits per heavy atom. The Morgan fingerprint density at radius 3 is 2.68 bits per heavy atom. The van der Waals surface area contributed by atoms with Crippen molar-refractivity contribution in [2.45, 2.75) is 6.54 Å². The zero-order valence-electron chi connectivity index (χ0n) is 16.3. The van der Waals surface area contributed by atoms with E-state index in [9.17, 15) is 4.79 Å². The fourth-order valence-electron chi connectivity index (χ4n) is 3.34. The van der Waals surface area contributed by atoms with E-state index in [4.69, 9.17) is 13.9 Å². The van der Waals surface area contributed by atoms with E-state index in [1.54, 1.807) is 12.3 Å². The maximum atomic E-state index is 12.9. The molecular formula is C24H17BrN2O4. The molecule has 0 saturated carbocycles. The molecule has 6 nitrogen and oxygen atoms in total. The van der Waals surface area contributed by atoms with Gasteiger partial charge in [-0.05, 0) is 42.0 Å². The second-order valence-corrected chi connectivity index (χ2v) is 7.87. The molecule has 0 aliphatic carbocycles. The molecule has 0 atom stereocenters. The van der Waals surface area contributed by atoms with Gasteiger partial charge >= 0.3 is 0 Å². The number of nitrogens with one attached hydrogen (secondary N) is 1. The van der Waals surface area contributed by atoms with Crippen molar-refractivity contribution < 1.29 is 18.7 Å². The standard InChI is InChI=1S/C24H17BrN2O4/c25-17-8-6-16(7-9-17)22-13-27-24(31-22)19-4-2-1-3-18(19)23(28)26-12-15-5-10-20-21(11-15)30-14-29-20/h1-11,13H,12,14H2,(H,26,28). The molecule has 31 heavy (non-hydrogen) atoms. The zero-order chi connectivity index (χ0) is 21.2. The van der Waals surface area contributed by atoms with Crippen molar-refractivity contribution in [2.24, 2.45) is 0 Å².